The summed E-state index contributed by atoms with van der Waals surface area (Å²) in [7, 11) is 0. The molecule has 6 heteroatoms. The highest BCUT2D eigenvalue weighted by atomic mass is 16.6. The Kier molecular flexibility index (Phi) is 3.99. The average molecular weight is 263 g/mol. The molecule has 1 fully saturated rings. The van der Waals surface area contributed by atoms with Gasteiger partial charge in [-0.05, 0) is 30.9 Å². The van der Waals surface area contributed by atoms with Crippen LogP contribution >= 0.6 is 0 Å². The van der Waals surface area contributed by atoms with Gasteiger partial charge in [-0.15, -0.1) is 0 Å². The Labute approximate surface area is 111 Å². The standard InChI is InChI=1S/C13H17N3O3/c14-11-5-3-10(9-12(11)16(18)19)4-6-13(17)15-7-1-2-8-15/h3,5,9H,1-2,4,6-8,14H2. The summed E-state index contributed by atoms with van der Waals surface area (Å²) in [5.74, 6) is 0.122. The first-order chi connectivity index (χ1) is 9.08. The minimum absolute atomic E-state index is 0.0916. The molecule has 0 saturated carbocycles. The molecular formula is C13H17N3O3. The molecule has 1 aromatic carbocycles. The number of nitro benzene ring substituents is 1. The van der Waals surface area contributed by atoms with Gasteiger partial charge in [-0.3, -0.25) is 14.9 Å². The zero-order chi connectivity index (χ0) is 13.8. The molecule has 0 aliphatic carbocycles. The first-order valence-corrected chi connectivity index (χ1v) is 6.38. The summed E-state index contributed by atoms with van der Waals surface area (Å²) < 4.78 is 0. The number of aryl methyl sites for hydroxylation is 1. The quantitative estimate of drug-likeness (QED) is 0.509. The van der Waals surface area contributed by atoms with Crippen molar-refractivity contribution in [1.82, 2.24) is 4.90 Å². The van der Waals surface area contributed by atoms with Gasteiger partial charge in [-0.2, -0.15) is 0 Å². The number of nitrogens with zero attached hydrogens (tertiary/aromatic N) is 2. The minimum atomic E-state index is -0.499. The Hall–Kier alpha value is -2.11. The number of benzene rings is 1. The molecule has 0 aromatic heterocycles. The number of nitro groups is 1. The van der Waals surface area contributed by atoms with Crippen molar-refractivity contribution in [3.63, 3.8) is 0 Å². The van der Waals surface area contributed by atoms with E-state index in [0.29, 0.717) is 12.8 Å². The predicted molar refractivity (Wildman–Crippen MR) is 71.6 cm³/mol. The first kappa shape index (κ1) is 13.3. The van der Waals surface area contributed by atoms with Crippen LogP contribution in [0.5, 0.6) is 0 Å². The van der Waals surface area contributed by atoms with Crippen LogP contribution in [-0.2, 0) is 11.2 Å². The van der Waals surface area contributed by atoms with Crippen molar-refractivity contribution in [3.8, 4) is 0 Å². The van der Waals surface area contributed by atoms with Crippen LogP contribution < -0.4 is 5.73 Å². The summed E-state index contributed by atoms with van der Waals surface area (Å²) in [6.07, 6.45) is 3.04. The minimum Gasteiger partial charge on any atom is -0.393 e. The molecule has 1 aromatic rings. The highest BCUT2D eigenvalue weighted by Gasteiger charge is 2.18. The molecule has 19 heavy (non-hydrogen) atoms. The molecule has 0 radical (unpaired) electrons. The number of likely N-dealkylation sites (tertiary alicyclic amines) is 1. The van der Waals surface area contributed by atoms with Crippen LogP contribution in [0.4, 0.5) is 11.4 Å². The SMILES string of the molecule is Nc1ccc(CCC(=O)N2CCCC2)cc1[N+](=O)[O-]. The lowest BCUT2D eigenvalue weighted by molar-refractivity contribution is -0.384. The average Bonchev–Trinajstić information content (AvgIpc) is 2.91. The van der Waals surface area contributed by atoms with Gasteiger partial charge in [0.25, 0.3) is 5.69 Å². The second-order valence-electron chi connectivity index (χ2n) is 4.74. The highest BCUT2D eigenvalue weighted by molar-refractivity contribution is 5.76. The maximum Gasteiger partial charge on any atom is 0.292 e. The summed E-state index contributed by atoms with van der Waals surface area (Å²) in [5, 5.41) is 10.8. The fourth-order valence-corrected chi connectivity index (χ4v) is 2.28. The van der Waals surface area contributed by atoms with Gasteiger partial charge < -0.3 is 10.6 Å². The number of hydrogen-bond donors (Lipinski definition) is 1. The number of rotatable bonds is 4. The fourth-order valence-electron chi connectivity index (χ4n) is 2.28. The van der Waals surface area contributed by atoms with Gasteiger partial charge in [-0.25, -0.2) is 0 Å². The van der Waals surface area contributed by atoms with Crippen molar-refractivity contribution in [1.29, 1.82) is 0 Å². The first-order valence-electron chi connectivity index (χ1n) is 6.38. The van der Waals surface area contributed by atoms with Gasteiger partial charge in [0.05, 0.1) is 4.92 Å². The number of anilines is 1. The molecule has 0 unspecified atom stereocenters. The Balaban J connectivity index is 1.97. The number of carbonyl (C=O) groups excluding carboxylic acids is 1. The summed E-state index contributed by atoms with van der Waals surface area (Å²) in [6.45, 7) is 1.67. The van der Waals surface area contributed by atoms with Crippen molar-refractivity contribution in [2.45, 2.75) is 25.7 Å². The lowest BCUT2D eigenvalue weighted by Gasteiger charge is -2.14. The molecule has 0 atom stereocenters. The zero-order valence-electron chi connectivity index (χ0n) is 10.7. The lowest BCUT2D eigenvalue weighted by Crippen LogP contribution is -2.27. The van der Waals surface area contributed by atoms with E-state index in [1.165, 1.54) is 12.1 Å². The van der Waals surface area contributed by atoms with Gasteiger partial charge in [-0.1, -0.05) is 6.07 Å². The van der Waals surface area contributed by atoms with Crippen molar-refractivity contribution < 1.29 is 9.72 Å². The zero-order valence-corrected chi connectivity index (χ0v) is 10.7. The molecule has 2 N–H and O–H groups in total. The largest absolute Gasteiger partial charge is 0.393 e. The number of nitrogens with two attached hydrogens (primary N) is 1. The molecule has 0 spiro atoms. The molecule has 1 amide bonds. The Morgan fingerprint density at radius 3 is 2.68 bits per heavy atom. The Bertz CT molecular complexity index is 496. The van der Waals surface area contributed by atoms with Crippen LogP contribution in [0, 0.1) is 10.1 Å². The highest BCUT2D eigenvalue weighted by Crippen LogP contribution is 2.23. The maximum absolute atomic E-state index is 11.9. The van der Waals surface area contributed by atoms with Crippen molar-refractivity contribution in [2.24, 2.45) is 0 Å². The van der Waals surface area contributed by atoms with Crippen LogP contribution in [-0.4, -0.2) is 28.8 Å². The van der Waals surface area contributed by atoms with Crippen LogP contribution in [0.3, 0.4) is 0 Å². The fraction of sp³-hybridized carbons (Fsp3) is 0.462. The van der Waals surface area contributed by atoms with Gasteiger partial charge in [0.2, 0.25) is 5.91 Å². The Morgan fingerprint density at radius 1 is 1.37 bits per heavy atom. The van der Waals surface area contributed by atoms with E-state index < -0.39 is 4.92 Å². The van der Waals surface area contributed by atoms with Gasteiger partial charge in [0.1, 0.15) is 5.69 Å². The van der Waals surface area contributed by atoms with E-state index in [0.717, 1.165) is 31.5 Å². The van der Waals surface area contributed by atoms with E-state index >= 15 is 0 Å². The molecule has 0 bridgehead atoms. The summed E-state index contributed by atoms with van der Waals surface area (Å²) in [4.78, 5) is 24.0. The van der Waals surface area contributed by atoms with Crippen molar-refractivity contribution in [2.75, 3.05) is 18.8 Å². The molecule has 2 rings (SSSR count). The van der Waals surface area contributed by atoms with Crippen molar-refractivity contribution >= 4 is 17.3 Å². The molecule has 1 heterocycles. The van der Waals surface area contributed by atoms with E-state index in [4.69, 9.17) is 5.73 Å². The van der Waals surface area contributed by atoms with Crippen LogP contribution in [0.2, 0.25) is 0 Å². The summed E-state index contributed by atoms with van der Waals surface area (Å²) >= 11 is 0. The number of nitrogen functional groups attached to an aromatic ring is 1. The number of amides is 1. The van der Waals surface area contributed by atoms with E-state index in [9.17, 15) is 14.9 Å². The summed E-state index contributed by atoms with van der Waals surface area (Å²) in [6, 6.07) is 4.71. The molecule has 1 aliphatic rings. The third-order valence-corrected chi connectivity index (χ3v) is 3.38. The molecule has 6 nitrogen and oxygen atoms in total. The lowest BCUT2D eigenvalue weighted by atomic mass is 10.1. The van der Waals surface area contributed by atoms with E-state index in [1.54, 1.807) is 6.07 Å². The van der Waals surface area contributed by atoms with Gasteiger partial charge in [0, 0.05) is 25.6 Å². The van der Waals surface area contributed by atoms with E-state index in [1.807, 2.05) is 4.90 Å². The Morgan fingerprint density at radius 2 is 2.05 bits per heavy atom. The normalized spacial score (nSPS) is 14.6. The number of carbonyl (C=O) groups is 1. The molecule has 1 aliphatic heterocycles. The predicted octanol–water partition coefficient (Wildman–Crippen LogP) is 1.73. The molecular weight excluding hydrogens is 246 g/mol. The van der Waals surface area contributed by atoms with Gasteiger partial charge in [0.15, 0.2) is 0 Å². The maximum atomic E-state index is 11.9. The number of hydrogen-bond acceptors (Lipinski definition) is 4. The third-order valence-electron chi connectivity index (χ3n) is 3.38. The second kappa shape index (κ2) is 5.69. The molecule has 1 saturated heterocycles. The topological polar surface area (TPSA) is 89.5 Å². The van der Waals surface area contributed by atoms with Crippen LogP contribution in [0.1, 0.15) is 24.8 Å². The third kappa shape index (κ3) is 3.21. The van der Waals surface area contributed by atoms with E-state index in [-0.39, 0.29) is 17.3 Å². The van der Waals surface area contributed by atoms with Crippen LogP contribution in [0.25, 0.3) is 0 Å². The molecule has 102 valence electrons. The van der Waals surface area contributed by atoms with Crippen LogP contribution in [0.15, 0.2) is 18.2 Å². The van der Waals surface area contributed by atoms with E-state index in [2.05, 4.69) is 0 Å². The van der Waals surface area contributed by atoms with Gasteiger partial charge >= 0.3 is 0 Å². The second-order valence-corrected chi connectivity index (χ2v) is 4.74. The monoisotopic (exact) mass is 263 g/mol. The summed E-state index contributed by atoms with van der Waals surface area (Å²) in [5.41, 5.74) is 6.36. The van der Waals surface area contributed by atoms with Crippen molar-refractivity contribution in [3.05, 3.63) is 33.9 Å². The smallest absolute Gasteiger partial charge is 0.292 e.